The zero-order valence-electron chi connectivity index (χ0n) is 9.59. The fourth-order valence-electron chi connectivity index (χ4n) is 1.70. The largest absolute Gasteiger partial charge is 0.324 e. The van der Waals surface area contributed by atoms with E-state index in [1.54, 1.807) is 12.1 Å². The average Bonchev–Trinajstić information content (AvgIpc) is 2.17. The Morgan fingerprint density at radius 2 is 2.07 bits per heavy atom. The van der Waals surface area contributed by atoms with Crippen LogP contribution in [0.4, 0.5) is 4.39 Å². The van der Waals surface area contributed by atoms with Crippen LogP contribution in [-0.4, -0.2) is 0 Å². The molecule has 0 spiro atoms. The third-order valence-corrected chi connectivity index (χ3v) is 2.67. The van der Waals surface area contributed by atoms with Crippen molar-refractivity contribution in [2.75, 3.05) is 0 Å². The molecule has 0 saturated carbocycles. The van der Waals surface area contributed by atoms with Gasteiger partial charge in [-0.2, -0.15) is 0 Å². The van der Waals surface area contributed by atoms with Crippen molar-refractivity contribution in [1.82, 2.24) is 0 Å². The van der Waals surface area contributed by atoms with Crippen molar-refractivity contribution < 1.29 is 4.39 Å². The van der Waals surface area contributed by atoms with Gasteiger partial charge in [-0.05, 0) is 25.0 Å². The number of halogens is 1. The molecule has 2 N–H and O–H groups in total. The standard InChI is InChI=1S/C13H20FN/c1-3-4-5-6-13(15)11-8-7-10(2)9-12(11)14/h7-9,13H,3-6,15H2,1-2H3/t13-/m1/s1. The summed E-state index contributed by atoms with van der Waals surface area (Å²) in [6, 6.07) is 5.12. The van der Waals surface area contributed by atoms with Crippen LogP contribution in [0, 0.1) is 12.7 Å². The summed E-state index contributed by atoms with van der Waals surface area (Å²) < 4.78 is 13.5. The molecule has 0 saturated heterocycles. The maximum absolute atomic E-state index is 13.5. The highest BCUT2D eigenvalue weighted by atomic mass is 19.1. The summed E-state index contributed by atoms with van der Waals surface area (Å²) in [6.07, 6.45) is 4.28. The lowest BCUT2D eigenvalue weighted by molar-refractivity contribution is 0.538. The Morgan fingerprint density at radius 3 is 2.67 bits per heavy atom. The van der Waals surface area contributed by atoms with Gasteiger partial charge in [0.15, 0.2) is 0 Å². The highest BCUT2D eigenvalue weighted by Gasteiger charge is 2.10. The summed E-state index contributed by atoms with van der Waals surface area (Å²) in [7, 11) is 0. The minimum Gasteiger partial charge on any atom is -0.324 e. The van der Waals surface area contributed by atoms with Gasteiger partial charge in [0.25, 0.3) is 0 Å². The second-order valence-corrected chi connectivity index (χ2v) is 4.13. The fourth-order valence-corrected chi connectivity index (χ4v) is 1.70. The van der Waals surface area contributed by atoms with Gasteiger partial charge < -0.3 is 5.73 Å². The first-order valence-corrected chi connectivity index (χ1v) is 5.66. The second-order valence-electron chi connectivity index (χ2n) is 4.13. The molecule has 1 aromatic carbocycles. The Labute approximate surface area is 91.5 Å². The van der Waals surface area contributed by atoms with Crippen molar-refractivity contribution in [1.29, 1.82) is 0 Å². The van der Waals surface area contributed by atoms with Crippen LogP contribution in [0.15, 0.2) is 18.2 Å². The van der Waals surface area contributed by atoms with Crippen LogP contribution < -0.4 is 5.73 Å². The number of hydrogen-bond donors (Lipinski definition) is 1. The van der Waals surface area contributed by atoms with Crippen LogP contribution in [0.2, 0.25) is 0 Å². The van der Waals surface area contributed by atoms with E-state index in [-0.39, 0.29) is 11.9 Å². The molecular weight excluding hydrogens is 189 g/mol. The van der Waals surface area contributed by atoms with Crippen molar-refractivity contribution >= 4 is 0 Å². The summed E-state index contributed by atoms with van der Waals surface area (Å²) in [6.45, 7) is 4.04. The van der Waals surface area contributed by atoms with E-state index in [2.05, 4.69) is 6.92 Å². The second kappa shape index (κ2) is 5.86. The highest BCUT2D eigenvalue weighted by Crippen LogP contribution is 2.21. The molecule has 1 rings (SSSR count). The smallest absolute Gasteiger partial charge is 0.128 e. The Hall–Kier alpha value is -0.890. The van der Waals surface area contributed by atoms with Crippen molar-refractivity contribution in [2.24, 2.45) is 5.73 Å². The van der Waals surface area contributed by atoms with E-state index in [0.717, 1.165) is 18.4 Å². The number of hydrogen-bond acceptors (Lipinski definition) is 1. The molecule has 2 heteroatoms. The molecule has 0 aromatic heterocycles. The predicted octanol–water partition coefficient (Wildman–Crippen LogP) is 3.71. The molecule has 0 unspecified atom stereocenters. The van der Waals surface area contributed by atoms with Gasteiger partial charge >= 0.3 is 0 Å². The van der Waals surface area contributed by atoms with E-state index in [1.165, 1.54) is 12.8 Å². The third kappa shape index (κ3) is 3.63. The van der Waals surface area contributed by atoms with Gasteiger partial charge in [-0.25, -0.2) is 4.39 Å². The van der Waals surface area contributed by atoms with Crippen molar-refractivity contribution in [3.63, 3.8) is 0 Å². The average molecular weight is 209 g/mol. The summed E-state index contributed by atoms with van der Waals surface area (Å²) in [5, 5.41) is 0. The van der Waals surface area contributed by atoms with Gasteiger partial charge in [-0.15, -0.1) is 0 Å². The van der Waals surface area contributed by atoms with E-state index in [4.69, 9.17) is 5.73 Å². The van der Waals surface area contributed by atoms with Crippen LogP contribution in [-0.2, 0) is 0 Å². The number of aryl methyl sites for hydroxylation is 1. The molecule has 0 radical (unpaired) electrons. The van der Waals surface area contributed by atoms with Gasteiger partial charge in [-0.1, -0.05) is 38.3 Å². The molecule has 0 aliphatic heterocycles. The lowest BCUT2D eigenvalue weighted by Gasteiger charge is -2.12. The molecule has 15 heavy (non-hydrogen) atoms. The van der Waals surface area contributed by atoms with Crippen molar-refractivity contribution in [2.45, 2.75) is 45.6 Å². The number of rotatable bonds is 5. The monoisotopic (exact) mass is 209 g/mol. The molecule has 0 fully saturated rings. The fraction of sp³-hybridized carbons (Fsp3) is 0.538. The van der Waals surface area contributed by atoms with Crippen LogP contribution in [0.5, 0.6) is 0 Å². The van der Waals surface area contributed by atoms with E-state index < -0.39 is 0 Å². The molecule has 84 valence electrons. The van der Waals surface area contributed by atoms with Crippen LogP contribution in [0.3, 0.4) is 0 Å². The van der Waals surface area contributed by atoms with Crippen LogP contribution >= 0.6 is 0 Å². The first-order chi connectivity index (χ1) is 7.15. The van der Waals surface area contributed by atoms with E-state index >= 15 is 0 Å². The Balaban J connectivity index is 2.61. The topological polar surface area (TPSA) is 26.0 Å². The summed E-state index contributed by atoms with van der Waals surface area (Å²) in [5.41, 5.74) is 7.54. The Kier molecular flexibility index (Phi) is 4.76. The molecule has 1 aromatic rings. The number of benzene rings is 1. The van der Waals surface area contributed by atoms with Gasteiger partial charge in [0.1, 0.15) is 5.82 Å². The normalized spacial score (nSPS) is 12.8. The molecule has 0 bridgehead atoms. The lowest BCUT2D eigenvalue weighted by Crippen LogP contribution is -2.12. The Morgan fingerprint density at radius 1 is 1.33 bits per heavy atom. The van der Waals surface area contributed by atoms with E-state index in [9.17, 15) is 4.39 Å². The maximum atomic E-state index is 13.5. The predicted molar refractivity (Wildman–Crippen MR) is 62.2 cm³/mol. The number of unbranched alkanes of at least 4 members (excludes halogenated alkanes) is 2. The van der Waals surface area contributed by atoms with Crippen molar-refractivity contribution in [3.05, 3.63) is 35.1 Å². The quantitative estimate of drug-likeness (QED) is 0.735. The summed E-state index contributed by atoms with van der Waals surface area (Å²) in [4.78, 5) is 0. The Bertz CT molecular complexity index is 309. The van der Waals surface area contributed by atoms with Crippen LogP contribution in [0.1, 0.15) is 49.8 Å². The van der Waals surface area contributed by atoms with Crippen LogP contribution in [0.25, 0.3) is 0 Å². The SMILES string of the molecule is CCCCC[C@@H](N)c1ccc(C)cc1F. The van der Waals surface area contributed by atoms with Gasteiger partial charge in [-0.3, -0.25) is 0 Å². The molecular formula is C13H20FN. The maximum Gasteiger partial charge on any atom is 0.128 e. The molecule has 1 nitrogen and oxygen atoms in total. The third-order valence-electron chi connectivity index (χ3n) is 2.67. The van der Waals surface area contributed by atoms with Crippen molar-refractivity contribution in [3.8, 4) is 0 Å². The first kappa shape index (κ1) is 12.2. The van der Waals surface area contributed by atoms with Gasteiger partial charge in [0, 0.05) is 11.6 Å². The number of nitrogens with two attached hydrogens (primary N) is 1. The minimum atomic E-state index is -0.168. The molecule has 1 atom stereocenters. The zero-order chi connectivity index (χ0) is 11.3. The summed E-state index contributed by atoms with van der Waals surface area (Å²) >= 11 is 0. The first-order valence-electron chi connectivity index (χ1n) is 5.66. The zero-order valence-corrected chi connectivity index (χ0v) is 9.59. The van der Waals surface area contributed by atoms with E-state index in [1.807, 2.05) is 13.0 Å². The van der Waals surface area contributed by atoms with Gasteiger partial charge in [0.05, 0.1) is 0 Å². The molecule has 0 aliphatic carbocycles. The molecule has 0 amide bonds. The minimum absolute atomic E-state index is 0.155. The lowest BCUT2D eigenvalue weighted by atomic mass is 10.00. The van der Waals surface area contributed by atoms with Gasteiger partial charge in [0.2, 0.25) is 0 Å². The molecule has 0 heterocycles. The van der Waals surface area contributed by atoms with E-state index in [0.29, 0.717) is 5.56 Å². The summed E-state index contributed by atoms with van der Waals surface area (Å²) in [5.74, 6) is -0.168. The highest BCUT2D eigenvalue weighted by molar-refractivity contribution is 5.25. The molecule has 0 aliphatic rings.